The lowest BCUT2D eigenvalue weighted by molar-refractivity contribution is -0.115. The number of fused-ring (bicyclic) bond motifs is 3. The molecule has 2 aromatic carbocycles. The van der Waals surface area contributed by atoms with Crippen molar-refractivity contribution >= 4 is 45.9 Å². The molecular weight excluding hydrogens is 412 g/mol. The van der Waals surface area contributed by atoms with E-state index in [0.717, 1.165) is 16.6 Å². The molecule has 0 saturated heterocycles. The summed E-state index contributed by atoms with van der Waals surface area (Å²) in [5.74, 6) is -0.512. The largest absolute Gasteiger partial charge is 0.462 e. The van der Waals surface area contributed by atoms with Crippen molar-refractivity contribution in [1.29, 1.82) is 0 Å². The summed E-state index contributed by atoms with van der Waals surface area (Å²) in [4.78, 5) is 24.7. The van der Waals surface area contributed by atoms with E-state index in [-0.39, 0.29) is 17.1 Å². The third-order valence-corrected chi connectivity index (χ3v) is 6.13. The molecule has 4 rings (SSSR count). The number of thioether (sulfide) groups is 1. The number of carbonyl (C=O) groups excluding carboxylic acids is 2. The minimum absolute atomic E-state index is 0.131. The van der Waals surface area contributed by atoms with Crippen LogP contribution in [-0.4, -0.2) is 38.3 Å². The first-order valence-corrected chi connectivity index (χ1v) is 11.0. The number of para-hydroxylation sites is 1. The van der Waals surface area contributed by atoms with Gasteiger partial charge in [0.1, 0.15) is 0 Å². The van der Waals surface area contributed by atoms with Crippen LogP contribution >= 0.6 is 11.8 Å². The van der Waals surface area contributed by atoms with Gasteiger partial charge in [0.25, 0.3) is 0 Å². The number of aromatic nitrogens is 3. The number of hydrogen-bond donors (Lipinski definition) is 1. The van der Waals surface area contributed by atoms with E-state index in [4.69, 9.17) is 4.74 Å². The average molecular weight is 435 g/mol. The van der Waals surface area contributed by atoms with Gasteiger partial charge in [0.15, 0.2) is 10.8 Å². The van der Waals surface area contributed by atoms with E-state index in [2.05, 4.69) is 15.5 Å². The highest BCUT2D eigenvalue weighted by molar-refractivity contribution is 8.00. The molecule has 7 nitrogen and oxygen atoms in total. The van der Waals surface area contributed by atoms with Crippen molar-refractivity contribution in [3.05, 3.63) is 66.2 Å². The molecule has 0 fully saturated rings. The number of ether oxygens (including phenoxy) is 1. The van der Waals surface area contributed by atoms with Gasteiger partial charge >= 0.3 is 5.97 Å². The number of carbonyl (C=O) groups is 2. The minimum atomic E-state index is -0.381. The van der Waals surface area contributed by atoms with Gasteiger partial charge in [-0.2, -0.15) is 0 Å². The number of esters is 1. The van der Waals surface area contributed by atoms with Crippen LogP contribution in [0, 0.1) is 0 Å². The maximum Gasteiger partial charge on any atom is 0.338 e. The molecule has 1 unspecified atom stereocenters. The maximum atomic E-state index is 12.9. The van der Waals surface area contributed by atoms with Crippen LogP contribution in [0.1, 0.15) is 30.6 Å². The van der Waals surface area contributed by atoms with E-state index >= 15 is 0 Å². The first kappa shape index (κ1) is 20.9. The Morgan fingerprint density at radius 1 is 1.03 bits per heavy atom. The van der Waals surface area contributed by atoms with E-state index in [1.807, 2.05) is 47.7 Å². The number of nitrogens with zero attached hydrogens (tertiary/aromatic N) is 3. The Morgan fingerprint density at radius 2 is 1.81 bits per heavy atom. The Kier molecular flexibility index (Phi) is 6.18. The normalized spacial score (nSPS) is 12.1. The molecule has 31 heavy (non-hydrogen) atoms. The van der Waals surface area contributed by atoms with Gasteiger partial charge in [0.05, 0.1) is 22.9 Å². The average Bonchev–Trinajstić information content (AvgIpc) is 3.21. The second-order valence-electron chi connectivity index (χ2n) is 6.87. The molecule has 0 radical (unpaired) electrons. The molecular formula is C23H22N4O3S. The van der Waals surface area contributed by atoms with Crippen molar-refractivity contribution in [3.8, 4) is 0 Å². The molecule has 0 saturated carbocycles. The highest BCUT2D eigenvalue weighted by Crippen LogP contribution is 2.28. The molecule has 0 aliphatic carbocycles. The summed E-state index contributed by atoms with van der Waals surface area (Å²) in [6.07, 6.45) is 0.622. The topological polar surface area (TPSA) is 85.6 Å². The summed E-state index contributed by atoms with van der Waals surface area (Å²) < 4.78 is 6.96. The van der Waals surface area contributed by atoms with Gasteiger partial charge < -0.3 is 10.1 Å². The van der Waals surface area contributed by atoms with E-state index in [1.165, 1.54) is 11.8 Å². The van der Waals surface area contributed by atoms with Crippen LogP contribution < -0.4 is 5.32 Å². The SMILES string of the molecule is CCOC(=O)c1ccc(NC(=O)C(CC)Sc2nnc3ccc4ccccc4n23)cc1. The summed E-state index contributed by atoms with van der Waals surface area (Å²) in [6, 6.07) is 18.6. The number of nitrogens with one attached hydrogen (secondary N) is 1. The molecule has 0 aliphatic heterocycles. The summed E-state index contributed by atoms with van der Waals surface area (Å²) >= 11 is 1.38. The Labute approximate surface area is 183 Å². The molecule has 4 aromatic rings. The van der Waals surface area contributed by atoms with Gasteiger partial charge in [-0.25, -0.2) is 4.79 Å². The van der Waals surface area contributed by atoms with Gasteiger partial charge in [0, 0.05) is 5.69 Å². The van der Waals surface area contributed by atoms with Crippen LogP contribution in [0.5, 0.6) is 0 Å². The standard InChI is InChI=1S/C23H22N4O3S/c1-3-19(21(28)24-17-12-9-16(10-13-17)22(29)30-4-2)31-23-26-25-20-14-11-15-7-5-6-8-18(15)27(20)23/h5-14,19H,3-4H2,1-2H3,(H,24,28). The van der Waals surface area contributed by atoms with Crippen LogP contribution in [0.15, 0.2) is 65.8 Å². The number of benzene rings is 2. The number of rotatable bonds is 7. The zero-order chi connectivity index (χ0) is 21.8. The summed E-state index contributed by atoms with van der Waals surface area (Å²) in [7, 11) is 0. The Morgan fingerprint density at radius 3 is 2.55 bits per heavy atom. The van der Waals surface area contributed by atoms with Crippen molar-refractivity contribution in [2.24, 2.45) is 0 Å². The second-order valence-corrected chi connectivity index (χ2v) is 8.04. The first-order valence-electron chi connectivity index (χ1n) is 10.1. The summed E-state index contributed by atoms with van der Waals surface area (Å²) in [5.41, 5.74) is 2.81. The van der Waals surface area contributed by atoms with Gasteiger partial charge in [0.2, 0.25) is 5.91 Å². The van der Waals surface area contributed by atoms with Crippen LogP contribution in [0.4, 0.5) is 5.69 Å². The zero-order valence-electron chi connectivity index (χ0n) is 17.2. The van der Waals surface area contributed by atoms with E-state index in [1.54, 1.807) is 31.2 Å². The fourth-order valence-corrected chi connectivity index (χ4v) is 4.24. The Hall–Kier alpha value is -3.39. The van der Waals surface area contributed by atoms with Crippen LogP contribution in [0.3, 0.4) is 0 Å². The van der Waals surface area contributed by atoms with Crippen LogP contribution in [0.2, 0.25) is 0 Å². The van der Waals surface area contributed by atoms with Crippen molar-refractivity contribution < 1.29 is 14.3 Å². The zero-order valence-corrected chi connectivity index (χ0v) is 18.1. The number of pyridine rings is 1. The van der Waals surface area contributed by atoms with E-state index in [9.17, 15) is 9.59 Å². The van der Waals surface area contributed by atoms with Crippen molar-refractivity contribution in [3.63, 3.8) is 0 Å². The molecule has 8 heteroatoms. The monoisotopic (exact) mass is 434 g/mol. The number of anilines is 1. The smallest absolute Gasteiger partial charge is 0.338 e. The summed E-state index contributed by atoms with van der Waals surface area (Å²) in [6.45, 7) is 4.04. The minimum Gasteiger partial charge on any atom is -0.462 e. The molecule has 0 bridgehead atoms. The second kappa shape index (κ2) is 9.18. The quantitative estimate of drug-likeness (QED) is 0.339. The third-order valence-electron chi connectivity index (χ3n) is 4.82. The number of hydrogen-bond acceptors (Lipinski definition) is 6. The van der Waals surface area contributed by atoms with Gasteiger partial charge in [-0.3, -0.25) is 9.20 Å². The van der Waals surface area contributed by atoms with Gasteiger partial charge in [-0.15, -0.1) is 10.2 Å². The molecule has 0 spiro atoms. The Balaban J connectivity index is 1.52. The fraction of sp³-hybridized carbons (Fsp3) is 0.217. The fourth-order valence-electron chi connectivity index (χ4n) is 3.26. The lowest BCUT2D eigenvalue weighted by Crippen LogP contribution is -2.24. The highest BCUT2D eigenvalue weighted by atomic mass is 32.2. The highest BCUT2D eigenvalue weighted by Gasteiger charge is 2.22. The van der Waals surface area contributed by atoms with Crippen LogP contribution in [-0.2, 0) is 9.53 Å². The molecule has 1 atom stereocenters. The van der Waals surface area contributed by atoms with E-state index < -0.39 is 0 Å². The predicted octanol–water partition coefficient (Wildman–Crippen LogP) is 4.57. The molecule has 0 aliphatic rings. The van der Waals surface area contributed by atoms with Crippen molar-refractivity contribution in [1.82, 2.24) is 14.6 Å². The molecule has 2 heterocycles. The maximum absolute atomic E-state index is 12.9. The lowest BCUT2D eigenvalue weighted by Gasteiger charge is -2.14. The Bertz CT molecular complexity index is 1240. The van der Waals surface area contributed by atoms with Crippen LogP contribution in [0.25, 0.3) is 16.6 Å². The van der Waals surface area contributed by atoms with Crippen molar-refractivity contribution in [2.75, 3.05) is 11.9 Å². The predicted molar refractivity (Wildman–Crippen MR) is 121 cm³/mol. The van der Waals surface area contributed by atoms with Gasteiger partial charge in [-0.05, 0) is 61.2 Å². The molecule has 1 amide bonds. The molecule has 2 aromatic heterocycles. The first-order chi connectivity index (χ1) is 15.1. The molecule has 158 valence electrons. The lowest BCUT2D eigenvalue weighted by atomic mass is 10.2. The van der Waals surface area contributed by atoms with Crippen molar-refractivity contribution in [2.45, 2.75) is 30.7 Å². The van der Waals surface area contributed by atoms with Gasteiger partial charge in [-0.1, -0.05) is 36.9 Å². The van der Waals surface area contributed by atoms with E-state index in [0.29, 0.717) is 29.4 Å². The summed E-state index contributed by atoms with van der Waals surface area (Å²) in [5, 5.41) is 12.9. The number of amides is 1. The molecule has 1 N–H and O–H groups in total. The third kappa shape index (κ3) is 4.39.